The number of oxime groups is 1. The lowest BCUT2D eigenvalue weighted by atomic mass is 9.89. The Balaban J connectivity index is 1.54. The van der Waals surface area contributed by atoms with Crippen molar-refractivity contribution in [3.63, 3.8) is 0 Å². The van der Waals surface area contributed by atoms with Gasteiger partial charge < -0.3 is 15.1 Å². The van der Waals surface area contributed by atoms with Gasteiger partial charge in [-0.05, 0) is 35.6 Å². The minimum absolute atomic E-state index is 0.0519. The Morgan fingerprint density at radius 2 is 1.91 bits per heavy atom. The highest BCUT2D eigenvalue weighted by molar-refractivity contribution is 7.98. The van der Waals surface area contributed by atoms with Crippen molar-refractivity contribution in [2.24, 2.45) is 5.16 Å². The summed E-state index contributed by atoms with van der Waals surface area (Å²) in [6.45, 7) is 0.970. The molecule has 182 valence electrons. The molecule has 0 saturated carbocycles. The summed E-state index contributed by atoms with van der Waals surface area (Å²) in [4.78, 5) is 23.0. The number of aromatic nitrogens is 1. The third kappa shape index (κ3) is 4.52. The number of amides is 1. The molecule has 0 saturated heterocycles. The summed E-state index contributed by atoms with van der Waals surface area (Å²) in [7, 11) is 0. The second-order valence-electron chi connectivity index (χ2n) is 7.80. The average Bonchev–Trinajstić information content (AvgIpc) is 3.41. The van der Waals surface area contributed by atoms with Crippen LogP contribution in [0.1, 0.15) is 33.6 Å². The molecule has 1 atom stereocenters. The van der Waals surface area contributed by atoms with E-state index in [1.807, 2.05) is 6.26 Å². The molecule has 1 aromatic heterocycles. The first-order valence-corrected chi connectivity index (χ1v) is 12.2. The fraction of sp³-hybridized carbons (Fsp3) is 0.381. The fourth-order valence-electron chi connectivity index (χ4n) is 3.79. The molecular formula is C21H18Cl2F4N4O2S. The molecule has 1 amide bonds. The van der Waals surface area contributed by atoms with Crippen LogP contribution in [0.15, 0.2) is 29.6 Å². The molecule has 0 bridgehead atoms. The Labute approximate surface area is 206 Å². The third-order valence-corrected chi connectivity index (χ3v) is 6.78. The number of nitrogens with one attached hydrogen (secondary N) is 1. The van der Waals surface area contributed by atoms with Crippen molar-refractivity contribution in [3.8, 4) is 0 Å². The molecule has 0 aliphatic carbocycles. The van der Waals surface area contributed by atoms with E-state index in [9.17, 15) is 22.4 Å². The van der Waals surface area contributed by atoms with Crippen molar-refractivity contribution in [2.45, 2.75) is 31.3 Å². The lowest BCUT2D eigenvalue weighted by Crippen LogP contribution is -2.44. The zero-order valence-corrected chi connectivity index (χ0v) is 20.0. The number of halogens is 6. The van der Waals surface area contributed by atoms with Gasteiger partial charge >= 0.3 is 6.18 Å². The van der Waals surface area contributed by atoms with E-state index in [1.165, 1.54) is 6.20 Å². The largest absolute Gasteiger partial charge is 0.435 e. The van der Waals surface area contributed by atoms with Crippen LogP contribution in [-0.2, 0) is 23.5 Å². The number of hydrogen-bond acceptors (Lipinski definition) is 6. The number of fused-ring (bicyclic) bond motifs is 1. The maximum atomic E-state index is 14.2. The minimum Gasteiger partial charge on any atom is -0.372 e. The number of benzene rings is 1. The second kappa shape index (κ2) is 9.43. The molecule has 1 unspecified atom stereocenters. The predicted octanol–water partition coefficient (Wildman–Crippen LogP) is 5.13. The average molecular weight is 537 g/mol. The smallest absolute Gasteiger partial charge is 0.372 e. The zero-order chi connectivity index (χ0) is 24.7. The molecule has 4 rings (SSSR count). The Hall–Kier alpha value is -2.24. The number of rotatable bonds is 5. The van der Waals surface area contributed by atoms with Crippen LogP contribution in [0.2, 0.25) is 10.0 Å². The van der Waals surface area contributed by atoms with Crippen molar-refractivity contribution in [2.75, 3.05) is 18.6 Å². The van der Waals surface area contributed by atoms with Crippen LogP contribution in [0.25, 0.3) is 0 Å². The first kappa shape index (κ1) is 24.9. The van der Waals surface area contributed by atoms with Crippen molar-refractivity contribution in [3.05, 3.63) is 62.6 Å². The van der Waals surface area contributed by atoms with Crippen LogP contribution in [-0.4, -0.2) is 46.4 Å². The first-order chi connectivity index (χ1) is 16.1. The number of alkyl halides is 3. The molecule has 0 radical (unpaired) electrons. The molecule has 1 aromatic carbocycles. The van der Waals surface area contributed by atoms with Gasteiger partial charge in [0, 0.05) is 37.1 Å². The van der Waals surface area contributed by atoms with Gasteiger partial charge in [0.15, 0.2) is 5.82 Å². The third-order valence-electron chi connectivity index (χ3n) is 5.62. The van der Waals surface area contributed by atoms with Crippen LogP contribution < -0.4 is 5.32 Å². The Bertz CT molecular complexity index is 1140. The SMILES string of the molecule is CSCCNC(=O)c1cc2c(cn1)CN(C1=NOC(c3cc(Cl)c(F)c(Cl)c3)(C(F)(F)F)C1)C2. The van der Waals surface area contributed by atoms with Crippen LogP contribution >= 0.6 is 35.0 Å². The highest BCUT2D eigenvalue weighted by Crippen LogP contribution is 2.50. The van der Waals surface area contributed by atoms with Gasteiger partial charge in [-0.15, -0.1) is 0 Å². The van der Waals surface area contributed by atoms with Gasteiger partial charge in [0.2, 0.25) is 0 Å². The maximum Gasteiger partial charge on any atom is 0.435 e. The quantitative estimate of drug-likeness (QED) is 0.326. The van der Waals surface area contributed by atoms with E-state index < -0.39 is 39.6 Å². The molecule has 1 N–H and O–H groups in total. The molecular weight excluding hydrogens is 519 g/mol. The topological polar surface area (TPSA) is 66.8 Å². The van der Waals surface area contributed by atoms with Crippen molar-refractivity contribution < 1.29 is 27.2 Å². The Kier molecular flexibility index (Phi) is 6.90. The Morgan fingerprint density at radius 1 is 1.24 bits per heavy atom. The van der Waals surface area contributed by atoms with Gasteiger partial charge in [-0.25, -0.2) is 4.39 Å². The second-order valence-corrected chi connectivity index (χ2v) is 9.60. The van der Waals surface area contributed by atoms with E-state index in [2.05, 4.69) is 15.5 Å². The number of pyridine rings is 1. The lowest BCUT2D eigenvalue weighted by molar-refractivity contribution is -0.275. The fourth-order valence-corrected chi connectivity index (χ4v) is 4.59. The van der Waals surface area contributed by atoms with Gasteiger partial charge in [0.25, 0.3) is 11.5 Å². The molecule has 0 spiro atoms. The van der Waals surface area contributed by atoms with Crippen LogP contribution in [0.5, 0.6) is 0 Å². The highest BCUT2D eigenvalue weighted by atomic mass is 35.5. The number of thioether (sulfide) groups is 1. The minimum atomic E-state index is -4.89. The molecule has 6 nitrogen and oxygen atoms in total. The lowest BCUT2D eigenvalue weighted by Gasteiger charge is -2.30. The van der Waals surface area contributed by atoms with Gasteiger partial charge in [0.1, 0.15) is 11.5 Å². The molecule has 13 heteroatoms. The zero-order valence-electron chi connectivity index (χ0n) is 17.7. The number of amidine groups is 1. The Morgan fingerprint density at radius 3 is 2.56 bits per heavy atom. The van der Waals surface area contributed by atoms with Crippen molar-refractivity contribution in [1.82, 2.24) is 15.2 Å². The summed E-state index contributed by atoms with van der Waals surface area (Å²) in [6.07, 6.45) is -2.08. The standard InChI is InChI=1S/C21H18Cl2F4N4O2S/c1-34-3-2-28-19(32)16-4-11-9-31(10-12(11)8-29-16)17-7-20(33-30-17,21(25,26)27)13-5-14(22)18(24)15(23)6-13/h4-6,8H,2-3,7,9-10H2,1H3,(H,28,32). The van der Waals surface area contributed by atoms with E-state index in [1.54, 1.807) is 22.7 Å². The summed E-state index contributed by atoms with van der Waals surface area (Å²) in [5.41, 5.74) is -1.56. The maximum absolute atomic E-state index is 14.2. The van der Waals surface area contributed by atoms with E-state index in [0.29, 0.717) is 6.54 Å². The molecule has 2 aliphatic rings. The summed E-state index contributed by atoms with van der Waals surface area (Å²) >= 11 is 13.1. The van der Waals surface area contributed by atoms with Crippen molar-refractivity contribution >= 4 is 46.7 Å². The molecule has 2 aromatic rings. The van der Waals surface area contributed by atoms with E-state index in [-0.39, 0.29) is 30.5 Å². The van der Waals surface area contributed by atoms with E-state index in [0.717, 1.165) is 29.0 Å². The van der Waals surface area contributed by atoms with Crippen LogP contribution in [0.3, 0.4) is 0 Å². The van der Waals surface area contributed by atoms with Gasteiger partial charge in [-0.2, -0.15) is 24.9 Å². The summed E-state index contributed by atoms with van der Waals surface area (Å²) in [6, 6.07) is 3.31. The summed E-state index contributed by atoms with van der Waals surface area (Å²) < 4.78 is 56.4. The van der Waals surface area contributed by atoms with Gasteiger partial charge in [-0.1, -0.05) is 28.4 Å². The van der Waals surface area contributed by atoms with Gasteiger partial charge in [0.05, 0.1) is 16.5 Å². The molecule has 0 fully saturated rings. The number of nitrogens with zero attached hydrogens (tertiary/aromatic N) is 3. The number of carbonyl (C=O) groups is 1. The summed E-state index contributed by atoms with van der Waals surface area (Å²) in [5.74, 6) is -0.524. The number of carbonyl (C=O) groups excluding carboxylic acids is 1. The molecule has 2 aliphatic heterocycles. The van der Waals surface area contributed by atoms with Crippen LogP contribution in [0.4, 0.5) is 17.6 Å². The van der Waals surface area contributed by atoms with E-state index >= 15 is 0 Å². The van der Waals surface area contributed by atoms with E-state index in [4.69, 9.17) is 28.0 Å². The highest BCUT2D eigenvalue weighted by Gasteiger charge is 2.63. The molecule has 34 heavy (non-hydrogen) atoms. The predicted molar refractivity (Wildman–Crippen MR) is 121 cm³/mol. The normalized spacial score (nSPS) is 19.6. The summed E-state index contributed by atoms with van der Waals surface area (Å²) in [5, 5.41) is 5.39. The number of hydrogen-bond donors (Lipinski definition) is 1. The van der Waals surface area contributed by atoms with Gasteiger partial charge in [-0.3, -0.25) is 9.78 Å². The van der Waals surface area contributed by atoms with Crippen molar-refractivity contribution in [1.29, 1.82) is 0 Å². The van der Waals surface area contributed by atoms with Crippen LogP contribution in [0, 0.1) is 5.82 Å². The first-order valence-electron chi connectivity index (χ1n) is 10.0. The monoisotopic (exact) mass is 536 g/mol. The molecule has 3 heterocycles.